The van der Waals surface area contributed by atoms with Crippen LogP contribution in [0.5, 0.6) is 11.5 Å². The Balaban J connectivity index is 2.15. The molecule has 0 saturated carbocycles. The van der Waals surface area contributed by atoms with E-state index in [1.165, 1.54) is 11.3 Å². The highest BCUT2D eigenvalue weighted by Crippen LogP contribution is 2.28. The lowest BCUT2D eigenvalue weighted by Crippen LogP contribution is -1.98. The maximum Gasteiger partial charge on any atom is 0.162 e. The minimum absolute atomic E-state index is 0.371. The standard InChI is InChI=1S/C12H11NO3S/c1-15-10-3-2-9(7-14)6-11(10)16-8-12-13-4-5-17-12/h2-7H,8H2,1H3. The van der Waals surface area contributed by atoms with Gasteiger partial charge in [-0.25, -0.2) is 4.98 Å². The van der Waals surface area contributed by atoms with Crippen LogP contribution < -0.4 is 9.47 Å². The number of hydrogen-bond donors (Lipinski definition) is 0. The summed E-state index contributed by atoms with van der Waals surface area (Å²) in [5.74, 6) is 1.15. The lowest BCUT2D eigenvalue weighted by Gasteiger charge is -2.09. The van der Waals surface area contributed by atoms with Crippen LogP contribution in [0.15, 0.2) is 29.8 Å². The third-order valence-corrected chi connectivity index (χ3v) is 2.91. The smallest absolute Gasteiger partial charge is 0.162 e. The van der Waals surface area contributed by atoms with Crippen molar-refractivity contribution in [1.82, 2.24) is 4.98 Å². The molecule has 5 heteroatoms. The molecule has 1 aromatic carbocycles. The number of nitrogens with zero attached hydrogens (tertiary/aromatic N) is 1. The first-order chi connectivity index (χ1) is 8.33. The third-order valence-electron chi connectivity index (χ3n) is 2.16. The third kappa shape index (κ3) is 2.82. The highest BCUT2D eigenvalue weighted by molar-refractivity contribution is 7.09. The van der Waals surface area contributed by atoms with Crippen LogP contribution in [-0.2, 0) is 6.61 Å². The van der Waals surface area contributed by atoms with Crippen molar-refractivity contribution in [1.29, 1.82) is 0 Å². The zero-order chi connectivity index (χ0) is 12.1. The van der Waals surface area contributed by atoms with E-state index in [1.807, 2.05) is 5.38 Å². The molecule has 1 aromatic heterocycles. The van der Waals surface area contributed by atoms with Gasteiger partial charge in [-0.05, 0) is 18.2 Å². The van der Waals surface area contributed by atoms with Crippen molar-refractivity contribution in [3.05, 3.63) is 40.3 Å². The van der Waals surface area contributed by atoms with Crippen molar-refractivity contribution < 1.29 is 14.3 Å². The maximum absolute atomic E-state index is 10.7. The van der Waals surface area contributed by atoms with Crippen LogP contribution in [0.1, 0.15) is 15.4 Å². The van der Waals surface area contributed by atoms with Crippen LogP contribution in [0.25, 0.3) is 0 Å². The molecule has 0 spiro atoms. The first kappa shape index (κ1) is 11.6. The SMILES string of the molecule is COc1ccc(C=O)cc1OCc1nccs1. The molecule has 0 fully saturated rings. The van der Waals surface area contributed by atoms with Crippen molar-refractivity contribution in [2.75, 3.05) is 7.11 Å². The lowest BCUT2D eigenvalue weighted by molar-refractivity contribution is 0.112. The summed E-state index contributed by atoms with van der Waals surface area (Å²) in [5, 5.41) is 2.76. The van der Waals surface area contributed by atoms with Gasteiger partial charge < -0.3 is 9.47 Å². The van der Waals surface area contributed by atoms with Gasteiger partial charge in [-0.3, -0.25) is 4.79 Å². The molecule has 0 atom stereocenters. The number of ether oxygens (including phenoxy) is 2. The van der Waals surface area contributed by atoms with Gasteiger partial charge in [0, 0.05) is 17.1 Å². The van der Waals surface area contributed by atoms with Gasteiger partial charge in [0.25, 0.3) is 0 Å². The summed E-state index contributed by atoms with van der Waals surface area (Å²) in [6, 6.07) is 5.04. The van der Waals surface area contributed by atoms with Crippen LogP contribution in [-0.4, -0.2) is 18.4 Å². The maximum atomic E-state index is 10.7. The molecular formula is C12H11NO3S. The molecule has 0 aliphatic carbocycles. The van der Waals surface area contributed by atoms with E-state index < -0.39 is 0 Å². The highest BCUT2D eigenvalue weighted by Gasteiger charge is 2.06. The first-order valence-corrected chi connectivity index (χ1v) is 5.86. The van der Waals surface area contributed by atoms with Crippen LogP contribution in [0.4, 0.5) is 0 Å². The number of carbonyl (C=O) groups is 1. The van der Waals surface area contributed by atoms with E-state index in [0.29, 0.717) is 23.7 Å². The molecule has 0 unspecified atom stereocenters. The predicted octanol–water partition coefficient (Wildman–Crippen LogP) is 2.54. The summed E-state index contributed by atoms with van der Waals surface area (Å²) in [6.45, 7) is 0.371. The minimum Gasteiger partial charge on any atom is -0.493 e. The molecule has 0 saturated heterocycles. The lowest BCUT2D eigenvalue weighted by atomic mass is 10.2. The number of methoxy groups -OCH3 is 1. The fraction of sp³-hybridized carbons (Fsp3) is 0.167. The van der Waals surface area contributed by atoms with Gasteiger partial charge in [-0.1, -0.05) is 0 Å². The summed E-state index contributed by atoms with van der Waals surface area (Å²) in [7, 11) is 1.56. The minimum atomic E-state index is 0.371. The Morgan fingerprint density at radius 2 is 2.29 bits per heavy atom. The second-order valence-corrected chi connectivity index (χ2v) is 4.22. The average molecular weight is 249 g/mol. The van der Waals surface area contributed by atoms with Crippen LogP contribution in [0, 0.1) is 0 Å². The normalized spacial score (nSPS) is 9.94. The summed E-state index contributed by atoms with van der Waals surface area (Å²) in [5.41, 5.74) is 0.555. The van der Waals surface area contributed by atoms with Crippen molar-refractivity contribution >= 4 is 17.6 Å². The van der Waals surface area contributed by atoms with Gasteiger partial charge >= 0.3 is 0 Å². The molecule has 88 valence electrons. The predicted molar refractivity (Wildman–Crippen MR) is 64.8 cm³/mol. The van der Waals surface area contributed by atoms with Crippen molar-refractivity contribution in [3.8, 4) is 11.5 Å². The molecule has 0 bridgehead atoms. The molecule has 2 aromatic rings. The highest BCUT2D eigenvalue weighted by atomic mass is 32.1. The van der Waals surface area contributed by atoms with E-state index >= 15 is 0 Å². The fourth-order valence-corrected chi connectivity index (χ4v) is 1.87. The largest absolute Gasteiger partial charge is 0.493 e. The molecule has 0 N–H and O–H groups in total. The molecule has 1 heterocycles. The Morgan fingerprint density at radius 1 is 1.41 bits per heavy atom. The van der Waals surface area contributed by atoms with Crippen molar-refractivity contribution in [2.24, 2.45) is 0 Å². The van der Waals surface area contributed by atoms with Gasteiger partial charge in [-0.2, -0.15) is 0 Å². The monoisotopic (exact) mass is 249 g/mol. The summed E-state index contributed by atoms with van der Waals surface area (Å²) in [6.07, 6.45) is 2.50. The molecule has 17 heavy (non-hydrogen) atoms. The zero-order valence-corrected chi connectivity index (χ0v) is 10.1. The molecule has 0 amide bonds. The topological polar surface area (TPSA) is 48.4 Å². The number of aromatic nitrogens is 1. The molecule has 0 radical (unpaired) electrons. The number of hydrogen-bond acceptors (Lipinski definition) is 5. The van der Waals surface area contributed by atoms with Gasteiger partial charge in [-0.15, -0.1) is 11.3 Å². The van der Waals surface area contributed by atoms with Gasteiger partial charge in [0.2, 0.25) is 0 Å². The van der Waals surface area contributed by atoms with Gasteiger partial charge in [0.1, 0.15) is 17.9 Å². The molecule has 0 aliphatic rings. The molecule has 4 nitrogen and oxygen atoms in total. The van der Waals surface area contributed by atoms with E-state index in [4.69, 9.17) is 9.47 Å². The number of carbonyl (C=O) groups excluding carboxylic acids is 1. The average Bonchev–Trinajstić information content (AvgIpc) is 2.89. The summed E-state index contributed by atoms with van der Waals surface area (Å²) >= 11 is 1.52. The number of aldehydes is 1. The molecule has 2 rings (SSSR count). The molecule has 0 aliphatic heterocycles. The second-order valence-electron chi connectivity index (χ2n) is 3.24. The number of benzene rings is 1. The van der Waals surface area contributed by atoms with Crippen molar-refractivity contribution in [2.45, 2.75) is 6.61 Å². The van der Waals surface area contributed by atoms with E-state index in [0.717, 1.165) is 11.3 Å². The fourth-order valence-electron chi connectivity index (χ4n) is 1.34. The second kappa shape index (κ2) is 5.45. The summed E-state index contributed by atoms with van der Waals surface area (Å²) < 4.78 is 10.7. The van der Waals surface area contributed by atoms with Crippen LogP contribution in [0.2, 0.25) is 0 Å². The Hall–Kier alpha value is -1.88. The van der Waals surface area contributed by atoms with Gasteiger partial charge in [0.15, 0.2) is 11.5 Å². The van der Waals surface area contributed by atoms with Crippen molar-refractivity contribution in [3.63, 3.8) is 0 Å². The zero-order valence-electron chi connectivity index (χ0n) is 9.25. The van der Waals surface area contributed by atoms with E-state index in [-0.39, 0.29) is 0 Å². The van der Waals surface area contributed by atoms with E-state index in [2.05, 4.69) is 4.98 Å². The molecular weight excluding hydrogens is 238 g/mol. The summed E-state index contributed by atoms with van der Waals surface area (Å²) in [4.78, 5) is 14.8. The van der Waals surface area contributed by atoms with E-state index in [9.17, 15) is 4.79 Å². The Labute approximate surface area is 103 Å². The van der Waals surface area contributed by atoms with E-state index in [1.54, 1.807) is 31.5 Å². The number of rotatable bonds is 5. The first-order valence-electron chi connectivity index (χ1n) is 4.98. The van der Waals surface area contributed by atoms with Gasteiger partial charge in [0.05, 0.1) is 7.11 Å². The van der Waals surface area contributed by atoms with Crippen LogP contribution >= 0.6 is 11.3 Å². The Bertz CT molecular complexity index is 496. The number of thiazole rings is 1. The van der Waals surface area contributed by atoms with Crippen LogP contribution in [0.3, 0.4) is 0 Å². The quantitative estimate of drug-likeness (QED) is 0.764. The Kier molecular flexibility index (Phi) is 3.72. The Morgan fingerprint density at radius 3 is 2.94 bits per heavy atom.